The van der Waals surface area contributed by atoms with E-state index in [4.69, 9.17) is 23.2 Å². The maximum atomic E-state index is 12.4. The fraction of sp³-hybridized carbons (Fsp3) is 0.0556. The number of fused-ring (bicyclic) bond motifs is 1. The summed E-state index contributed by atoms with van der Waals surface area (Å²) in [5.41, 5.74) is 0.916. The van der Waals surface area contributed by atoms with Crippen molar-refractivity contribution in [1.82, 2.24) is 4.98 Å². The van der Waals surface area contributed by atoms with Gasteiger partial charge in [-0.1, -0.05) is 23.2 Å². The number of phenolic OH excluding ortho intramolecular Hbond substituents is 2. The van der Waals surface area contributed by atoms with Crippen molar-refractivity contribution in [3.8, 4) is 17.6 Å². The van der Waals surface area contributed by atoms with Gasteiger partial charge in [-0.15, -0.1) is 0 Å². The minimum absolute atomic E-state index is 0.101. The molecule has 1 amide bonds. The third-order valence-electron chi connectivity index (χ3n) is 3.75. The quantitative estimate of drug-likeness (QED) is 0.630. The van der Waals surface area contributed by atoms with E-state index in [-0.39, 0.29) is 22.0 Å². The molecule has 0 saturated carbocycles. The fourth-order valence-corrected chi connectivity index (χ4v) is 3.13. The van der Waals surface area contributed by atoms with Gasteiger partial charge in [0.2, 0.25) is 5.91 Å². The molecule has 1 heterocycles. The van der Waals surface area contributed by atoms with Crippen molar-refractivity contribution in [2.45, 2.75) is 6.92 Å². The number of phenols is 2. The van der Waals surface area contributed by atoms with Gasteiger partial charge in [0.05, 0.1) is 27.5 Å². The number of amides is 1. The molecule has 0 atom stereocenters. The number of rotatable bonds is 2. The smallest absolute Gasteiger partial charge is 0.228 e. The highest BCUT2D eigenvalue weighted by Crippen LogP contribution is 2.41. The summed E-state index contributed by atoms with van der Waals surface area (Å²) >= 11 is 12.2. The van der Waals surface area contributed by atoms with E-state index in [1.54, 1.807) is 12.1 Å². The number of anilines is 2. The van der Waals surface area contributed by atoms with Crippen LogP contribution in [-0.2, 0) is 4.79 Å². The van der Waals surface area contributed by atoms with Gasteiger partial charge in [-0.3, -0.25) is 14.7 Å². The second-order valence-corrected chi connectivity index (χ2v) is 6.28. The lowest BCUT2D eigenvalue weighted by Crippen LogP contribution is -2.24. The van der Waals surface area contributed by atoms with Crippen LogP contribution in [0.5, 0.6) is 11.5 Å². The molecule has 1 aromatic heterocycles. The Morgan fingerprint density at radius 2 is 1.88 bits per heavy atom. The zero-order chi connectivity index (χ0) is 19.0. The number of carbonyl (C=O) groups excluding carboxylic acids is 1. The minimum atomic E-state index is -0.411. The van der Waals surface area contributed by atoms with Crippen LogP contribution in [0.3, 0.4) is 0 Å². The molecule has 2 aromatic carbocycles. The Hall–Kier alpha value is -3.01. The molecular weight excluding hydrogens is 377 g/mol. The number of hydrogen-bond donors (Lipinski definition) is 2. The number of nitriles is 1. The number of aromatic nitrogens is 1. The van der Waals surface area contributed by atoms with Crippen molar-refractivity contribution in [3.05, 3.63) is 52.1 Å². The van der Waals surface area contributed by atoms with Crippen LogP contribution in [-0.4, -0.2) is 21.1 Å². The first kappa shape index (κ1) is 17.8. The summed E-state index contributed by atoms with van der Waals surface area (Å²) < 4.78 is 0. The fourth-order valence-electron chi connectivity index (χ4n) is 2.64. The van der Waals surface area contributed by atoms with Gasteiger partial charge in [-0.2, -0.15) is 5.26 Å². The second-order valence-electron chi connectivity index (χ2n) is 5.44. The van der Waals surface area contributed by atoms with E-state index in [2.05, 4.69) is 4.98 Å². The van der Waals surface area contributed by atoms with Crippen LogP contribution in [0.15, 0.2) is 36.5 Å². The zero-order valence-corrected chi connectivity index (χ0v) is 14.9. The Balaban J connectivity index is 2.41. The van der Waals surface area contributed by atoms with Crippen LogP contribution in [0.2, 0.25) is 10.0 Å². The summed E-state index contributed by atoms with van der Waals surface area (Å²) in [6.07, 6.45) is 1.29. The number of halogens is 2. The van der Waals surface area contributed by atoms with Crippen LogP contribution >= 0.6 is 23.2 Å². The molecule has 0 aliphatic rings. The lowest BCUT2D eigenvalue weighted by atomic mass is 10.1. The van der Waals surface area contributed by atoms with E-state index in [1.165, 1.54) is 36.2 Å². The Morgan fingerprint density at radius 1 is 1.19 bits per heavy atom. The summed E-state index contributed by atoms with van der Waals surface area (Å²) in [4.78, 5) is 17.8. The Bertz CT molecular complexity index is 1090. The summed E-state index contributed by atoms with van der Waals surface area (Å²) in [6.45, 7) is 1.32. The van der Waals surface area contributed by atoms with Crippen LogP contribution < -0.4 is 4.90 Å². The molecule has 130 valence electrons. The van der Waals surface area contributed by atoms with Gasteiger partial charge in [0.1, 0.15) is 6.07 Å². The van der Waals surface area contributed by atoms with Crippen molar-refractivity contribution < 1.29 is 15.0 Å². The van der Waals surface area contributed by atoms with Crippen molar-refractivity contribution in [3.63, 3.8) is 0 Å². The number of nitrogens with zero attached hydrogens (tertiary/aromatic N) is 3. The standard InChI is InChI=1S/C18H11Cl2N3O3/c1-9(24)23(15-3-2-11(19)4-13(15)20)18-10(7-21)8-22-14-6-17(26)16(25)5-12(14)18/h2-6,8,25-26H,1H3. The van der Waals surface area contributed by atoms with Crippen LogP contribution in [0.25, 0.3) is 10.9 Å². The minimum Gasteiger partial charge on any atom is -0.504 e. The maximum Gasteiger partial charge on any atom is 0.228 e. The van der Waals surface area contributed by atoms with Crippen LogP contribution in [0.4, 0.5) is 11.4 Å². The van der Waals surface area contributed by atoms with Gasteiger partial charge in [-0.05, 0) is 24.3 Å². The summed E-state index contributed by atoms with van der Waals surface area (Å²) in [6, 6.07) is 9.08. The third-order valence-corrected chi connectivity index (χ3v) is 4.28. The molecule has 0 fully saturated rings. The Kier molecular flexibility index (Phi) is 4.60. The Labute approximate surface area is 158 Å². The largest absolute Gasteiger partial charge is 0.504 e. The maximum absolute atomic E-state index is 12.4. The normalized spacial score (nSPS) is 10.5. The highest BCUT2D eigenvalue weighted by atomic mass is 35.5. The van der Waals surface area contributed by atoms with E-state index >= 15 is 0 Å². The first-order valence-electron chi connectivity index (χ1n) is 7.34. The molecule has 2 N–H and O–H groups in total. The lowest BCUT2D eigenvalue weighted by molar-refractivity contribution is -0.115. The highest BCUT2D eigenvalue weighted by molar-refractivity contribution is 6.37. The van der Waals surface area contributed by atoms with E-state index in [0.717, 1.165) is 0 Å². The zero-order valence-electron chi connectivity index (χ0n) is 13.4. The number of hydrogen-bond acceptors (Lipinski definition) is 5. The Morgan fingerprint density at radius 3 is 2.50 bits per heavy atom. The van der Waals surface area contributed by atoms with Crippen molar-refractivity contribution in [2.24, 2.45) is 0 Å². The molecule has 26 heavy (non-hydrogen) atoms. The summed E-state index contributed by atoms with van der Waals surface area (Å²) in [5, 5.41) is 30.0. The van der Waals surface area contributed by atoms with E-state index in [1.807, 2.05) is 6.07 Å². The highest BCUT2D eigenvalue weighted by Gasteiger charge is 2.24. The molecule has 8 heteroatoms. The molecule has 0 aliphatic heterocycles. The predicted molar refractivity (Wildman–Crippen MR) is 99.1 cm³/mol. The van der Waals surface area contributed by atoms with Crippen LogP contribution in [0, 0.1) is 11.3 Å². The van der Waals surface area contributed by atoms with Gasteiger partial charge >= 0.3 is 0 Å². The third kappa shape index (κ3) is 2.99. The van der Waals surface area contributed by atoms with Gasteiger partial charge in [0.15, 0.2) is 11.5 Å². The number of carbonyl (C=O) groups is 1. The van der Waals surface area contributed by atoms with Crippen molar-refractivity contribution in [1.29, 1.82) is 5.26 Å². The SMILES string of the molecule is CC(=O)N(c1ccc(Cl)cc1Cl)c1c(C#N)cnc2cc(O)c(O)cc12. The molecule has 0 radical (unpaired) electrons. The van der Waals surface area contributed by atoms with E-state index < -0.39 is 11.7 Å². The van der Waals surface area contributed by atoms with Crippen molar-refractivity contribution in [2.75, 3.05) is 4.90 Å². The average Bonchev–Trinajstić information content (AvgIpc) is 2.58. The molecular formula is C18H11Cl2N3O3. The summed E-state index contributed by atoms with van der Waals surface area (Å²) in [5.74, 6) is -1.17. The van der Waals surface area contributed by atoms with E-state index in [0.29, 0.717) is 21.6 Å². The monoisotopic (exact) mass is 387 g/mol. The van der Waals surface area contributed by atoms with Gasteiger partial charge in [0, 0.05) is 29.6 Å². The first-order chi connectivity index (χ1) is 12.3. The molecule has 0 unspecified atom stereocenters. The molecule has 0 bridgehead atoms. The van der Waals surface area contributed by atoms with Gasteiger partial charge in [0.25, 0.3) is 0 Å². The second kappa shape index (κ2) is 6.71. The summed E-state index contributed by atoms with van der Waals surface area (Å²) in [7, 11) is 0. The molecule has 0 saturated heterocycles. The van der Waals surface area contributed by atoms with E-state index in [9.17, 15) is 20.3 Å². The van der Waals surface area contributed by atoms with Crippen molar-refractivity contribution >= 4 is 51.4 Å². The number of aromatic hydroxyl groups is 2. The molecule has 3 aromatic rings. The lowest BCUT2D eigenvalue weighted by Gasteiger charge is -2.25. The molecule has 0 spiro atoms. The van der Waals surface area contributed by atoms with Gasteiger partial charge < -0.3 is 10.2 Å². The number of pyridine rings is 1. The first-order valence-corrected chi connectivity index (χ1v) is 8.09. The molecule has 3 rings (SSSR count). The number of benzene rings is 2. The van der Waals surface area contributed by atoms with Crippen LogP contribution in [0.1, 0.15) is 12.5 Å². The predicted octanol–water partition coefficient (Wildman–Crippen LogP) is 4.51. The average molecular weight is 388 g/mol. The van der Waals surface area contributed by atoms with Gasteiger partial charge in [-0.25, -0.2) is 0 Å². The topological polar surface area (TPSA) is 97.5 Å². The molecule has 0 aliphatic carbocycles. The molecule has 6 nitrogen and oxygen atoms in total.